The Balaban J connectivity index is 1.53. The average Bonchev–Trinajstić information content (AvgIpc) is 3.46. The number of hydrogen-bond donors (Lipinski definition) is 0. The normalized spacial score (nSPS) is 19.4. The molecule has 0 fully saturated rings. The molecule has 2 aliphatic carbocycles. The van der Waals surface area contributed by atoms with Crippen molar-refractivity contribution in [3.05, 3.63) is 130 Å². The Morgan fingerprint density at radius 2 is 0.946 bits per heavy atom. The SMILES string of the molecule is C[CH2][Zr]([CH3])([CH3])([CH]1C(C)=Cc2c(-c3ccccc3)cccc21)[CH]1C(C)=Cc2c(-c3ccccc3)cccc21. The van der Waals surface area contributed by atoms with E-state index in [4.69, 9.17) is 0 Å². The summed E-state index contributed by atoms with van der Waals surface area (Å²) in [6.45, 7) is 7.30. The molecular weight excluding hydrogens is 524 g/mol. The van der Waals surface area contributed by atoms with Gasteiger partial charge in [0.25, 0.3) is 0 Å². The molecule has 0 radical (unpaired) electrons. The van der Waals surface area contributed by atoms with Crippen molar-refractivity contribution in [2.24, 2.45) is 0 Å². The van der Waals surface area contributed by atoms with Crippen LogP contribution < -0.4 is 0 Å². The first-order valence-corrected chi connectivity index (χ1v) is 23.2. The van der Waals surface area contributed by atoms with Gasteiger partial charge < -0.3 is 0 Å². The van der Waals surface area contributed by atoms with E-state index in [-0.39, 0.29) is 0 Å². The molecule has 0 nitrogen and oxygen atoms in total. The van der Waals surface area contributed by atoms with E-state index in [1.807, 2.05) is 0 Å². The number of allylic oxidation sites excluding steroid dienone is 2. The fraction of sp³-hybridized carbons (Fsp3) is 0.222. The second kappa shape index (κ2) is 8.92. The third kappa shape index (κ3) is 3.73. The molecule has 0 amide bonds. The molecule has 1 heteroatoms. The first-order chi connectivity index (χ1) is 17.8. The van der Waals surface area contributed by atoms with Crippen LogP contribution in [0.25, 0.3) is 34.4 Å². The van der Waals surface area contributed by atoms with Crippen LogP contribution in [0.2, 0.25) is 13.4 Å². The van der Waals surface area contributed by atoms with Crippen LogP contribution in [0.5, 0.6) is 0 Å². The molecule has 6 rings (SSSR count). The number of rotatable bonds is 5. The van der Waals surface area contributed by atoms with E-state index >= 15 is 0 Å². The van der Waals surface area contributed by atoms with Crippen LogP contribution in [0, 0.1) is 0 Å². The van der Waals surface area contributed by atoms with Gasteiger partial charge in [0.2, 0.25) is 0 Å². The quantitative estimate of drug-likeness (QED) is 0.228. The monoisotopic (exact) mass is 559 g/mol. The minimum atomic E-state index is -3.57. The third-order valence-electron chi connectivity index (χ3n) is 9.74. The molecule has 0 bridgehead atoms. The van der Waals surface area contributed by atoms with E-state index in [2.05, 4.69) is 139 Å². The summed E-state index contributed by atoms with van der Waals surface area (Å²) in [4.78, 5) is 0. The van der Waals surface area contributed by atoms with Crippen molar-refractivity contribution in [1.29, 1.82) is 0 Å². The van der Waals surface area contributed by atoms with E-state index in [0.717, 1.165) is 0 Å². The minimum absolute atomic E-state index is 0.546. The van der Waals surface area contributed by atoms with E-state index in [9.17, 15) is 0 Å². The Labute approximate surface area is 223 Å². The second-order valence-electron chi connectivity index (χ2n) is 12.3. The van der Waals surface area contributed by atoms with Gasteiger partial charge in [-0.1, -0.05) is 0 Å². The maximum atomic E-state index is 2.76. The van der Waals surface area contributed by atoms with Crippen LogP contribution in [-0.4, -0.2) is 0 Å². The number of benzene rings is 4. The Morgan fingerprint density at radius 1 is 0.541 bits per heavy atom. The molecule has 4 aromatic rings. The molecule has 185 valence electrons. The van der Waals surface area contributed by atoms with Gasteiger partial charge in [-0.25, -0.2) is 0 Å². The zero-order valence-electron chi connectivity index (χ0n) is 22.8. The van der Waals surface area contributed by atoms with E-state index in [0.29, 0.717) is 7.25 Å². The summed E-state index contributed by atoms with van der Waals surface area (Å²) in [5.41, 5.74) is 14.5. The van der Waals surface area contributed by atoms with Crippen molar-refractivity contribution in [3.63, 3.8) is 0 Å². The Kier molecular flexibility index (Phi) is 5.92. The van der Waals surface area contributed by atoms with E-state index in [1.54, 1.807) is 22.3 Å². The maximum absolute atomic E-state index is 3.57. The van der Waals surface area contributed by atoms with Crippen LogP contribution in [0.1, 0.15) is 50.3 Å². The fourth-order valence-electron chi connectivity index (χ4n) is 7.94. The van der Waals surface area contributed by atoms with Gasteiger partial charge in [-0.15, -0.1) is 0 Å². The molecule has 0 saturated heterocycles. The van der Waals surface area contributed by atoms with Crippen molar-refractivity contribution in [3.8, 4) is 22.3 Å². The summed E-state index contributed by atoms with van der Waals surface area (Å²) in [6.07, 6.45) is 5.04. The summed E-state index contributed by atoms with van der Waals surface area (Å²) in [5, 5.41) is 0. The van der Waals surface area contributed by atoms with Crippen LogP contribution in [-0.2, 0) is 18.8 Å². The average molecular weight is 561 g/mol. The molecule has 2 aliphatic rings. The van der Waals surface area contributed by atoms with Crippen molar-refractivity contribution in [2.45, 2.75) is 41.4 Å². The molecule has 37 heavy (non-hydrogen) atoms. The molecule has 0 heterocycles. The zero-order chi connectivity index (χ0) is 25.8. The van der Waals surface area contributed by atoms with Gasteiger partial charge in [-0.3, -0.25) is 0 Å². The van der Waals surface area contributed by atoms with Crippen molar-refractivity contribution in [2.75, 3.05) is 0 Å². The molecule has 0 saturated carbocycles. The number of fused-ring (bicyclic) bond motifs is 2. The molecule has 0 aromatic heterocycles. The molecule has 0 spiro atoms. The van der Waals surface area contributed by atoms with Crippen LogP contribution in [0.4, 0.5) is 0 Å². The zero-order valence-corrected chi connectivity index (χ0v) is 25.2. The second-order valence-corrected chi connectivity index (χ2v) is 31.3. The van der Waals surface area contributed by atoms with Gasteiger partial charge in [0, 0.05) is 0 Å². The first-order valence-electron chi connectivity index (χ1n) is 13.8. The summed E-state index contributed by atoms with van der Waals surface area (Å²) < 4.78 is 7.91. The van der Waals surface area contributed by atoms with E-state index < -0.39 is 18.8 Å². The molecule has 2 unspecified atom stereocenters. The standard InChI is InChI=1S/2C16H13.C2H5.2CH3.Zr/c2*1-12-10-14-8-5-9-15(16(14)11-12)13-6-3-2-4-7-13;1-2;;;/h2*2-11H,1H3;1H2,2H3;2*1H3;. The van der Waals surface area contributed by atoms with Crippen molar-refractivity contribution in [1.82, 2.24) is 0 Å². The number of hydrogen-bond acceptors (Lipinski definition) is 0. The fourth-order valence-corrected chi connectivity index (χ4v) is 24.8. The van der Waals surface area contributed by atoms with Gasteiger partial charge in [0.05, 0.1) is 0 Å². The molecule has 4 aromatic carbocycles. The van der Waals surface area contributed by atoms with Gasteiger partial charge in [-0.2, -0.15) is 0 Å². The first kappa shape index (κ1) is 24.6. The van der Waals surface area contributed by atoms with Crippen LogP contribution in [0.15, 0.2) is 108 Å². The predicted molar refractivity (Wildman–Crippen MR) is 159 cm³/mol. The van der Waals surface area contributed by atoms with Crippen LogP contribution >= 0.6 is 0 Å². The summed E-state index contributed by atoms with van der Waals surface area (Å²) in [7, 11) is 0. The van der Waals surface area contributed by atoms with Gasteiger partial charge >= 0.3 is 225 Å². The molecular formula is C36H37Zr. The summed E-state index contributed by atoms with van der Waals surface area (Å²) in [5.74, 6) is 0. The third-order valence-corrected chi connectivity index (χ3v) is 28.3. The molecule has 0 aliphatic heterocycles. The molecule has 0 N–H and O–H groups in total. The van der Waals surface area contributed by atoms with Crippen molar-refractivity contribution >= 4 is 12.2 Å². The Hall–Kier alpha value is -2.76. The summed E-state index contributed by atoms with van der Waals surface area (Å²) in [6, 6.07) is 35.9. The van der Waals surface area contributed by atoms with Gasteiger partial charge in [0.15, 0.2) is 0 Å². The van der Waals surface area contributed by atoms with E-state index in [1.165, 1.54) is 37.5 Å². The van der Waals surface area contributed by atoms with Crippen LogP contribution in [0.3, 0.4) is 0 Å². The Bertz CT molecular complexity index is 1440. The van der Waals surface area contributed by atoms with Crippen molar-refractivity contribution < 1.29 is 18.8 Å². The Morgan fingerprint density at radius 3 is 1.32 bits per heavy atom. The predicted octanol–water partition coefficient (Wildman–Crippen LogP) is 10.9. The topological polar surface area (TPSA) is 0 Å². The van der Waals surface area contributed by atoms with Gasteiger partial charge in [-0.05, 0) is 0 Å². The molecule has 2 atom stereocenters. The summed E-state index contributed by atoms with van der Waals surface area (Å²) >= 11 is -3.57. The van der Waals surface area contributed by atoms with Gasteiger partial charge in [0.1, 0.15) is 0 Å².